The molecule has 1 aliphatic rings. The lowest BCUT2D eigenvalue weighted by molar-refractivity contribution is -0.137. The molecular formula is C21H25N5O3S. The summed E-state index contributed by atoms with van der Waals surface area (Å²) in [5, 5.41) is 7.62. The first-order valence-corrected chi connectivity index (χ1v) is 11.5. The average molecular weight is 428 g/mol. The number of piperidine rings is 1. The Hall–Kier alpha value is -2.78. The molecule has 9 heteroatoms. The van der Waals surface area contributed by atoms with E-state index >= 15 is 0 Å². The van der Waals surface area contributed by atoms with E-state index in [1.165, 1.54) is 4.31 Å². The molecule has 1 saturated heterocycles. The second-order valence-corrected chi connectivity index (χ2v) is 9.45. The third kappa shape index (κ3) is 4.08. The lowest BCUT2D eigenvalue weighted by Gasteiger charge is -2.33. The van der Waals surface area contributed by atoms with Crippen LogP contribution in [0.4, 0.5) is 0 Å². The number of hydrogen-bond acceptors (Lipinski definition) is 5. The number of fused-ring (bicyclic) bond motifs is 1. The number of amides is 1. The van der Waals surface area contributed by atoms with E-state index in [-0.39, 0.29) is 16.7 Å². The molecule has 0 bridgehead atoms. The summed E-state index contributed by atoms with van der Waals surface area (Å²) in [5.41, 5.74) is 1.68. The van der Waals surface area contributed by atoms with Gasteiger partial charge in [-0.15, -0.1) is 0 Å². The summed E-state index contributed by atoms with van der Waals surface area (Å²) in [6, 6.07) is 8.78. The van der Waals surface area contributed by atoms with Gasteiger partial charge in [-0.3, -0.25) is 14.9 Å². The molecule has 0 spiro atoms. The molecule has 1 fully saturated rings. The van der Waals surface area contributed by atoms with Crippen LogP contribution < -0.4 is 0 Å². The quantitative estimate of drug-likeness (QED) is 0.651. The van der Waals surface area contributed by atoms with Gasteiger partial charge in [-0.1, -0.05) is 6.07 Å². The number of H-pyrrole nitrogens is 1. The van der Waals surface area contributed by atoms with Crippen molar-refractivity contribution in [2.75, 3.05) is 19.6 Å². The zero-order chi connectivity index (χ0) is 21.1. The van der Waals surface area contributed by atoms with Gasteiger partial charge in [0.2, 0.25) is 15.9 Å². The van der Waals surface area contributed by atoms with Gasteiger partial charge in [0.15, 0.2) is 0 Å². The molecule has 2 aromatic heterocycles. The van der Waals surface area contributed by atoms with Crippen LogP contribution in [0.3, 0.4) is 0 Å². The first-order chi connectivity index (χ1) is 14.5. The topological polar surface area (TPSA) is 99.3 Å². The molecule has 0 saturated carbocycles. The van der Waals surface area contributed by atoms with Crippen molar-refractivity contribution in [3.63, 3.8) is 0 Å². The number of pyridine rings is 1. The number of carbonyl (C=O) groups excluding carboxylic acids is 1. The van der Waals surface area contributed by atoms with Crippen molar-refractivity contribution in [2.24, 2.45) is 5.92 Å². The number of rotatable bonds is 6. The Labute approximate surface area is 176 Å². The zero-order valence-electron chi connectivity index (χ0n) is 16.9. The minimum Gasteiger partial charge on any atom is -0.338 e. The highest BCUT2D eigenvalue weighted by molar-refractivity contribution is 7.89. The van der Waals surface area contributed by atoms with E-state index in [2.05, 4.69) is 15.2 Å². The Morgan fingerprint density at radius 2 is 2.03 bits per heavy atom. The second kappa shape index (κ2) is 8.53. The SMILES string of the molecule is CCN(Cc1cccnc1)C(=O)C1CCN(S(=O)(=O)c2ccc3cn[nH]c3c2)CC1. The number of carbonyl (C=O) groups is 1. The van der Waals surface area contributed by atoms with E-state index in [4.69, 9.17) is 0 Å². The van der Waals surface area contributed by atoms with E-state index in [0.717, 1.165) is 10.9 Å². The van der Waals surface area contributed by atoms with Gasteiger partial charge in [0.1, 0.15) is 0 Å². The highest BCUT2D eigenvalue weighted by Gasteiger charge is 2.33. The molecule has 0 radical (unpaired) electrons. The van der Waals surface area contributed by atoms with Crippen molar-refractivity contribution in [1.82, 2.24) is 24.4 Å². The summed E-state index contributed by atoms with van der Waals surface area (Å²) < 4.78 is 27.6. The molecule has 30 heavy (non-hydrogen) atoms. The summed E-state index contributed by atoms with van der Waals surface area (Å²) in [4.78, 5) is 19.2. The van der Waals surface area contributed by atoms with E-state index < -0.39 is 10.0 Å². The maximum Gasteiger partial charge on any atom is 0.243 e. The van der Waals surface area contributed by atoms with E-state index in [0.29, 0.717) is 44.5 Å². The monoisotopic (exact) mass is 427 g/mol. The fraction of sp³-hybridized carbons (Fsp3) is 0.381. The maximum atomic E-state index is 13.0. The van der Waals surface area contributed by atoms with Gasteiger partial charge in [-0.2, -0.15) is 9.40 Å². The summed E-state index contributed by atoms with van der Waals surface area (Å²) in [6.07, 6.45) is 6.18. The predicted molar refractivity (Wildman–Crippen MR) is 113 cm³/mol. The van der Waals surface area contributed by atoms with Gasteiger partial charge in [0.05, 0.1) is 16.6 Å². The van der Waals surface area contributed by atoms with Crippen molar-refractivity contribution in [3.8, 4) is 0 Å². The van der Waals surface area contributed by atoms with Crippen molar-refractivity contribution in [2.45, 2.75) is 31.2 Å². The van der Waals surface area contributed by atoms with Gasteiger partial charge >= 0.3 is 0 Å². The van der Waals surface area contributed by atoms with Crippen LogP contribution in [0.1, 0.15) is 25.3 Å². The molecule has 1 N–H and O–H groups in total. The number of aromatic amines is 1. The number of aromatic nitrogens is 3. The number of sulfonamides is 1. The molecule has 3 heterocycles. The van der Waals surface area contributed by atoms with E-state index in [9.17, 15) is 13.2 Å². The number of nitrogens with one attached hydrogen (secondary N) is 1. The first-order valence-electron chi connectivity index (χ1n) is 10.1. The Kier molecular flexibility index (Phi) is 5.83. The minimum atomic E-state index is -3.60. The van der Waals surface area contributed by atoms with Crippen molar-refractivity contribution in [1.29, 1.82) is 0 Å². The van der Waals surface area contributed by atoms with Crippen LogP contribution in [0.2, 0.25) is 0 Å². The van der Waals surface area contributed by atoms with Crippen LogP contribution in [-0.4, -0.2) is 58.3 Å². The summed E-state index contributed by atoms with van der Waals surface area (Å²) in [7, 11) is -3.60. The van der Waals surface area contributed by atoms with Crippen molar-refractivity contribution in [3.05, 3.63) is 54.5 Å². The van der Waals surface area contributed by atoms with Crippen molar-refractivity contribution < 1.29 is 13.2 Å². The highest BCUT2D eigenvalue weighted by atomic mass is 32.2. The Balaban J connectivity index is 1.41. The lowest BCUT2D eigenvalue weighted by atomic mass is 9.96. The third-order valence-electron chi connectivity index (χ3n) is 5.64. The zero-order valence-corrected chi connectivity index (χ0v) is 17.7. The van der Waals surface area contributed by atoms with E-state index in [1.54, 1.807) is 36.8 Å². The molecular weight excluding hydrogens is 402 g/mol. The minimum absolute atomic E-state index is 0.0808. The molecule has 158 valence electrons. The van der Waals surface area contributed by atoms with Crippen LogP contribution in [0.15, 0.2) is 53.8 Å². The molecule has 8 nitrogen and oxygen atoms in total. The van der Waals surface area contributed by atoms with Crippen LogP contribution in [-0.2, 0) is 21.4 Å². The second-order valence-electron chi connectivity index (χ2n) is 7.51. The van der Waals surface area contributed by atoms with Gasteiger partial charge in [-0.05, 0) is 49.6 Å². The smallest absolute Gasteiger partial charge is 0.243 e. The van der Waals surface area contributed by atoms with Gasteiger partial charge in [0.25, 0.3) is 0 Å². The highest BCUT2D eigenvalue weighted by Crippen LogP contribution is 2.27. The lowest BCUT2D eigenvalue weighted by Crippen LogP contribution is -2.44. The number of nitrogens with zero attached hydrogens (tertiary/aromatic N) is 4. The summed E-state index contributed by atoms with van der Waals surface area (Å²) in [5.74, 6) is -0.0829. The normalized spacial score (nSPS) is 16.0. The predicted octanol–water partition coefficient (Wildman–Crippen LogP) is 2.41. The molecule has 1 aliphatic heterocycles. The molecule has 0 unspecified atom stereocenters. The summed E-state index contributed by atoms with van der Waals surface area (Å²) >= 11 is 0. The van der Waals surface area contributed by atoms with Crippen LogP contribution in [0.5, 0.6) is 0 Å². The van der Waals surface area contributed by atoms with Crippen LogP contribution >= 0.6 is 0 Å². The van der Waals surface area contributed by atoms with Gasteiger partial charge in [0, 0.05) is 49.9 Å². The summed E-state index contributed by atoms with van der Waals surface area (Å²) in [6.45, 7) is 3.76. The van der Waals surface area contributed by atoms with Crippen LogP contribution in [0.25, 0.3) is 10.9 Å². The Morgan fingerprint density at radius 3 is 2.73 bits per heavy atom. The van der Waals surface area contributed by atoms with Gasteiger partial charge < -0.3 is 4.90 Å². The number of hydrogen-bond donors (Lipinski definition) is 1. The molecule has 1 aromatic carbocycles. The molecule has 0 aliphatic carbocycles. The largest absolute Gasteiger partial charge is 0.338 e. The van der Waals surface area contributed by atoms with Gasteiger partial charge in [-0.25, -0.2) is 8.42 Å². The fourth-order valence-corrected chi connectivity index (χ4v) is 5.38. The van der Waals surface area contributed by atoms with Crippen LogP contribution in [0, 0.1) is 5.92 Å². The maximum absolute atomic E-state index is 13.0. The fourth-order valence-electron chi connectivity index (χ4n) is 3.88. The molecule has 0 atom stereocenters. The Bertz CT molecular complexity index is 1120. The van der Waals surface area contributed by atoms with Crippen molar-refractivity contribution >= 4 is 26.8 Å². The number of benzene rings is 1. The molecule has 3 aromatic rings. The Morgan fingerprint density at radius 1 is 1.23 bits per heavy atom. The molecule has 1 amide bonds. The standard InChI is InChI=1S/C21H25N5O3S/c1-2-25(15-16-4-3-9-22-13-16)21(27)17-7-10-26(11-8-17)30(28,29)19-6-5-18-14-23-24-20(18)12-19/h3-6,9,12-14,17H,2,7-8,10-11,15H2,1H3,(H,23,24). The molecule has 4 rings (SSSR count). The average Bonchev–Trinajstić information content (AvgIpc) is 3.26. The van der Waals surface area contributed by atoms with E-state index in [1.807, 2.05) is 24.0 Å². The third-order valence-corrected chi connectivity index (χ3v) is 7.54. The first kappa shape index (κ1) is 20.5.